The topological polar surface area (TPSA) is 74.7 Å². The Morgan fingerprint density at radius 2 is 2.00 bits per heavy atom. The van der Waals surface area contributed by atoms with Gasteiger partial charge in [-0.25, -0.2) is 4.52 Å². The lowest BCUT2D eigenvalue weighted by Crippen LogP contribution is -1.97. The fourth-order valence-corrected chi connectivity index (χ4v) is 2.46. The molecule has 20 heavy (non-hydrogen) atoms. The number of ether oxygens (including phenoxy) is 2. The van der Waals surface area contributed by atoms with Crippen molar-refractivity contribution in [3.63, 3.8) is 0 Å². The predicted molar refractivity (Wildman–Crippen MR) is 73.7 cm³/mol. The molecule has 1 aliphatic heterocycles. The van der Waals surface area contributed by atoms with Crippen molar-refractivity contribution in [3.8, 4) is 22.6 Å². The normalized spacial score (nSPS) is 13.1. The summed E-state index contributed by atoms with van der Waals surface area (Å²) < 4.78 is 12.5. The summed E-state index contributed by atoms with van der Waals surface area (Å²) >= 11 is 0. The van der Waals surface area contributed by atoms with Crippen LogP contribution < -0.4 is 15.2 Å². The molecular formula is C14H12N4O2. The quantitative estimate of drug-likeness (QED) is 0.730. The molecule has 100 valence electrons. The summed E-state index contributed by atoms with van der Waals surface area (Å²) in [5, 5.41) is 4.20. The number of rotatable bonds is 1. The van der Waals surface area contributed by atoms with Crippen LogP contribution in [0.5, 0.6) is 11.5 Å². The molecule has 1 aliphatic rings. The Kier molecular flexibility index (Phi) is 2.14. The molecule has 0 bridgehead atoms. The molecule has 2 N–H and O–H groups in total. The first kappa shape index (κ1) is 11.1. The Bertz CT molecular complexity index is 825. The van der Waals surface area contributed by atoms with Gasteiger partial charge in [0.05, 0.1) is 0 Å². The lowest BCUT2D eigenvalue weighted by molar-refractivity contribution is 0.174. The number of benzene rings is 1. The third-order valence-corrected chi connectivity index (χ3v) is 3.44. The zero-order chi connectivity index (χ0) is 13.7. The molecular weight excluding hydrogens is 256 g/mol. The van der Waals surface area contributed by atoms with Gasteiger partial charge in [-0.05, 0) is 36.8 Å². The Morgan fingerprint density at radius 1 is 1.15 bits per heavy atom. The first-order chi connectivity index (χ1) is 9.72. The number of aryl methyl sites for hydroxylation is 1. The summed E-state index contributed by atoms with van der Waals surface area (Å²) in [6, 6.07) is 9.79. The molecule has 3 heterocycles. The van der Waals surface area contributed by atoms with E-state index in [-0.39, 0.29) is 12.7 Å². The van der Waals surface area contributed by atoms with E-state index < -0.39 is 0 Å². The molecule has 0 radical (unpaired) electrons. The standard InChI is InChI=1S/C14H12N4O2/c1-8-10(3-5-13-16-14(15)17-18(8)13)9-2-4-11-12(6-9)20-7-19-11/h2-6H,7H2,1H3,(H2,15,17). The van der Waals surface area contributed by atoms with Crippen molar-refractivity contribution >= 4 is 11.6 Å². The lowest BCUT2D eigenvalue weighted by Gasteiger charge is -2.08. The molecule has 0 atom stereocenters. The van der Waals surface area contributed by atoms with E-state index in [1.165, 1.54) is 0 Å². The molecule has 3 aromatic rings. The monoisotopic (exact) mass is 268 g/mol. The van der Waals surface area contributed by atoms with Crippen LogP contribution in [0.4, 0.5) is 5.95 Å². The van der Waals surface area contributed by atoms with Crippen molar-refractivity contribution in [3.05, 3.63) is 36.0 Å². The van der Waals surface area contributed by atoms with E-state index in [0.29, 0.717) is 0 Å². The largest absolute Gasteiger partial charge is 0.454 e. The van der Waals surface area contributed by atoms with Crippen molar-refractivity contribution in [2.45, 2.75) is 6.92 Å². The smallest absolute Gasteiger partial charge is 0.240 e. The minimum absolute atomic E-state index is 0.274. The molecule has 0 amide bonds. The molecule has 1 aromatic carbocycles. The van der Waals surface area contributed by atoms with Gasteiger partial charge in [-0.1, -0.05) is 6.07 Å². The highest BCUT2D eigenvalue weighted by Crippen LogP contribution is 2.36. The molecule has 0 aliphatic carbocycles. The fraction of sp³-hybridized carbons (Fsp3) is 0.143. The van der Waals surface area contributed by atoms with Gasteiger partial charge in [0.15, 0.2) is 17.1 Å². The second-order valence-electron chi connectivity index (χ2n) is 4.64. The van der Waals surface area contributed by atoms with Crippen LogP contribution in [-0.4, -0.2) is 21.4 Å². The van der Waals surface area contributed by atoms with Crippen LogP contribution in [0, 0.1) is 6.92 Å². The number of hydrogen-bond donors (Lipinski definition) is 1. The van der Waals surface area contributed by atoms with E-state index in [4.69, 9.17) is 15.2 Å². The van der Waals surface area contributed by atoms with E-state index >= 15 is 0 Å². The van der Waals surface area contributed by atoms with E-state index in [9.17, 15) is 0 Å². The van der Waals surface area contributed by atoms with Crippen LogP contribution in [0.1, 0.15) is 5.69 Å². The minimum Gasteiger partial charge on any atom is -0.454 e. The van der Waals surface area contributed by atoms with Gasteiger partial charge in [0.2, 0.25) is 12.7 Å². The van der Waals surface area contributed by atoms with Crippen LogP contribution in [0.2, 0.25) is 0 Å². The highest BCUT2D eigenvalue weighted by molar-refractivity contribution is 5.71. The maximum Gasteiger partial charge on any atom is 0.240 e. The average Bonchev–Trinajstić information content (AvgIpc) is 3.04. The highest BCUT2D eigenvalue weighted by Gasteiger charge is 2.15. The molecule has 0 saturated carbocycles. The predicted octanol–water partition coefficient (Wildman–Crippen LogP) is 2.02. The number of hydrogen-bond acceptors (Lipinski definition) is 5. The molecule has 4 rings (SSSR count). The van der Waals surface area contributed by atoms with Crippen LogP contribution in [0.25, 0.3) is 16.8 Å². The summed E-state index contributed by atoms with van der Waals surface area (Å²) in [4.78, 5) is 4.15. The molecule has 2 aromatic heterocycles. The van der Waals surface area contributed by atoms with Crippen molar-refractivity contribution in [2.24, 2.45) is 0 Å². The second kappa shape index (κ2) is 3.86. The minimum atomic E-state index is 0.274. The van der Waals surface area contributed by atoms with Gasteiger partial charge in [0.25, 0.3) is 0 Å². The van der Waals surface area contributed by atoms with Crippen LogP contribution in [-0.2, 0) is 0 Å². The number of anilines is 1. The van der Waals surface area contributed by atoms with Crippen LogP contribution in [0.3, 0.4) is 0 Å². The van der Waals surface area contributed by atoms with E-state index in [0.717, 1.165) is 34.0 Å². The average molecular weight is 268 g/mol. The Morgan fingerprint density at radius 3 is 2.90 bits per heavy atom. The van der Waals surface area contributed by atoms with Gasteiger partial charge in [-0.3, -0.25) is 0 Å². The van der Waals surface area contributed by atoms with Gasteiger partial charge >= 0.3 is 0 Å². The zero-order valence-electron chi connectivity index (χ0n) is 10.8. The summed E-state index contributed by atoms with van der Waals surface area (Å²) in [6.07, 6.45) is 0. The van der Waals surface area contributed by atoms with Gasteiger partial charge in [0, 0.05) is 11.3 Å². The van der Waals surface area contributed by atoms with Gasteiger partial charge in [-0.15, -0.1) is 5.10 Å². The third kappa shape index (κ3) is 1.51. The van der Waals surface area contributed by atoms with Crippen LogP contribution in [0.15, 0.2) is 30.3 Å². The van der Waals surface area contributed by atoms with E-state index in [2.05, 4.69) is 10.1 Å². The molecule has 0 fully saturated rings. The first-order valence-electron chi connectivity index (χ1n) is 6.24. The number of aromatic nitrogens is 3. The number of nitrogen functional groups attached to an aromatic ring is 1. The fourth-order valence-electron chi connectivity index (χ4n) is 2.46. The summed E-state index contributed by atoms with van der Waals surface area (Å²) in [7, 11) is 0. The van der Waals surface area contributed by atoms with Crippen molar-refractivity contribution < 1.29 is 9.47 Å². The zero-order valence-corrected chi connectivity index (χ0v) is 10.8. The first-order valence-corrected chi connectivity index (χ1v) is 6.24. The van der Waals surface area contributed by atoms with Gasteiger partial charge < -0.3 is 15.2 Å². The summed E-state index contributed by atoms with van der Waals surface area (Å²) in [5.74, 6) is 1.81. The number of nitrogens with zero attached hydrogens (tertiary/aromatic N) is 3. The van der Waals surface area contributed by atoms with Crippen molar-refractivity contribution in [2.75, 3.05) is 12.5 Å². The number of fused-ring (bicyclic) bond motifs is 2. The van der Waals surface area contributed by atoms with E-state index in [1.807, 2.05) is 37.3 Å². The molecule has 0 spiro atoms. The maximum absolute atomic E-state index is 5.64. The van der Waals surface area contributed by atoms with Crippen molar-refractivity contribution in [1.29, 1.82) is 0 Å². The molecule has 0 unspecified atom stereocenters. The number of pyridine rings is 1. The molecule has 6 heteroatoms. The summed E-state index contributed by atoms with van der Waals surface area (Å²) in [6.45, 7) is 2.26. The molecule has 0 saturated heterocycles. The summed E-state index contributed by atoms with van der Waals surface area (Å²) in [5.41, 5.74) is 9.46. The lowest BCUT2D eigenvalue weighted by atomic mass is 10.0. The number of nitrogens with two attached hydrogens (primary N) is 1. The SMILES string of the molecule is Cc1c(-c2ccc3c(c2)OCO3)ccc2nc(N)nn12. The third-order valence-electron chi connectivity index (χ3n) is 3.44. The van der Waals surface area contributed by atoms with Crippen molar-refractivity contribution in [1.82, 2.24) is 14.6 Å². The highest BCUT2D eigenvalue weighted by atomic mass is 16.7. The Balaban J connectivity index is 1.91. The van der Waals surface area contributed by atoms with E-state index in [1.54, 1.807) is 4.52 Å². The Hall–Kier alpha value is -2.76. The maximum atomic E-state index is 5.64. The Labute approximate surface area is 114 Å². The second-order valence-corrected chi connectivity index (χ2v) is 4.64. The van der Waals surface area contributed by atoms with Crippen LogP contribution >= 0.6 is 0 Å². The van der Waals surface area contributed by atoms with Gasteiger partial charge in [-0.2, -0.15) is 4.98 Å². The van der Waals surface area contributed by atoms with Gasteiger partial charge in [0.1, 0.15) is 0 Å². The molecule has 6 nitrogen and oxygen atoms in total.